The summed E-state index contributed by atoms with van der Waals surface area (Å²) in [4.78, 5) is 13.1. The normalized spacial score (nSPS) is 10.1. The van der Waals surface area contributed by atoms with Gasteiger partial charge in [-0.3, -0.25) is 0 Å². The first-order valence-electron chi connectivity index (χ1n) is 4.53. The molecule has 88 valence electrons. The van der Waals surface area contributed by atoms with Gasteiger partial charge in [-0.25, -0.2) is 4.79 Å². The van der Waals surface area contributed by atoms with Crippen LogP contribution in [0.4, 0.5) is 0 Å². The van der Waals surface area contributed by atoms with E-state index in [0.717, 1.165) is 12.1 Å². The fourth-order valence-corrected chi connectivity index (χ4v) is 1.17. The van der Waals surface area contributed by atoms with Crippen molar-refractivity contribution in [2.24, 2.45) is 5.11 Å². The van der Waals surface area contributed by atoms with Crippen molar-refractivity contribution in [3.05, 3.63) is 39.8 Å². The van der Waals surface area contributed by atoms with Crippen molar-refractivity contribution in [3.63, 3.8) is 0 Å². The molecule has 1 rings (SSSR count). The Morgan fingerprint density at radius 2 is 2.00 bits per heavy atom. The molecule has 0 amide bonds. The highest BCUT2D eigenvalue weighted by molar-refractivity contribution is 5.89. The van der Waals surface area contributed by atoms with E-state index < -0.39 is 5.97 Å². The van der Waals surface area contributed by atoms with Gasteiger partial charge in [0.15, 0.2) is 0 Å². The molecule has 0 fully saturated rings. The molecule has 0 spiro atoms. The van der Waals surface area contributed by atoms with Gasteiger partial charge in [-0.2, -0.15) is 0 Å². The van der Waals surface area contributed by atoms with E-state index in [0.29, 0.717) is 0 Å². The second-order valence-electron chi connectivity index (χ2n) is 3.05. The van der Waals surface area contributed by atoms with E-state index in [-0.39, 0.29) is 29.2 Å². The van der Waals surface area contributed by atoms with Gasteiger partial charge in [-0.05, 0) is 17.7 Å². The fourth-order valence-electron chi connectivity index (χ4n) is 1.17. The number of carboxylic acid groups (broad SMARTS) is 1. The average Bonchev–Trinajstić information content (AvgIpc) is 2.26. The molecule has 0 unspecified atom stereocenters. The second kappa shape index (κ2) is 5.43. The molecule has 0 aliphatic rings. The van der Waals surface area contributed by atoms with Gasteiger partial charge in [0.05, 0.1) is 11.1 Å². The monoisotopic (exact) mass is 235 g/mol. The van der Waals surface area contributed by atoms with Crippen LogP contribution in [0.3, 0.4) is 0 Å². The zero-order chi connectivity index (χ0) is 12.8. The SMILES string of the molecule is [N-]=[N+]=NCC=Cc1c(O)cc(C(=O)O)cc1O. The van der Waals surface area contributed by atoms with Crippen LogP contribution in [-0.2, 0) is 0 Å². The number of phenols is 2. The molecule has 3 N–H and O–H groups in total. The summed E-state index contributed by atoms with van der Waals surface area (Å²) < 4.78 is 0. The summed E-state index contributed by atoms with van der Waals surface area (Å²) in [5, 5.41) is 30.9. The van der Waals surface area contributed by atoms with Crippen LogP contribution in [0, 0.1) is 0 Å². The lowest BCUT2D eigenvalue weighted by Crippen LogP contribution is -1.96. The van der Waals surface area contributed by atoms with Crippen molar-refractivity contribution in [1.29, 1.82) is 0 Å². The zero-order valence-corrected chi connectivity index (χ0v) is 8.61. The van der Waals surface area contributed by atoms with E-state index in [1.807, 2.05) is 0 Å². The van der Waals surface area contributed by atoms with Crippen LogP contribution >= 0.6 is 0 Å². The summed E-state index contributed by atoms with van der Waals surface area (Å²) in [7, 11) is 0. The lowest BCUT2D eigenvalue weighted by Gasteiger charge is -2.04. The topological polar surface area (TPSA) is 127 Å². The highest BCUT2D eigenvalue weighted by atomic mass is 16.4. The molecule has 1 aromatic carbocycles. The molecule has 0 saturated carbocycles. The Kier molecular flexibility index (Phi) is 3.96. The number of carboxylic acids is 1. The predicted molar refractivity (Wildman–Crippen MR) is 59.8 cm³/mol. The van der Waals surface area contributed by atoms with Gasteiger partial charge < -0.3 is 15.3 Å². The van der Waals surface area contributed by atoms with E-state index in [4.69, 9.17) is 10.6 Å². The van der Waals surface area contributed by atoms with Crippen LogP contribution < -0.4 is 0 Å². The van der Waals surface area contributed by atoms with Gasteiger partial charge in [0.1, 0.15) is 11.5 Å². The quantitative estimate of drug-likeness (QED) is 0.419. The van der Waals surface area contributed by atoms with Crippen molar-refractivity contribution in [1.82, 2.24) is 0 Å². The summed E-state index contributed by atoms with van der Waals surface area (Å²) in [5.41, 5.74) is 7.89. The molecular weight excluding hydrogens is 226 g/mol. The maximum absolute atomic E-state index is 10.6. The van der Waals surface area contributed by atoms with Crippen LogP contribution in [-0.4, -0.2) is 27.8 Å². The molecule has 17 heavy (non-hydrogen) atoms. The third-order valence-electron chi connectivity index (χ3n) is 1.92. The number of benzene rings is 1. The van der Waals surface area contributed by atoms with Crippen LogP contribution in [0.5, 0.6) is 11.5 Å². The minimum atomic E-state index is -1.25. The number of azide groups is 1. The molecule has 0 atom stereocenters. The summed E-state index contributed by atoms with van der Waals surface area (Å²) in [6.45, 7) is 0.0655. The summed E-state index contributed by atoms with van der Waals surface area (Å²) in [6, 6.07) is 2.05. The highest BCUT2D eigenvalue weighted by Gasteiger charge is 2.11. The standard InChI is InChI=1S/C10H9N3O4/c11-13-12-3-1-2-7-8(14)4-6(10(16)17)5-9(7)15/h1-2,4-5,14-15H,3H2,(H,16,17). The highest BCUT2D eigenvalue weighted by Crippen LogP contribution is 2.30. The lowest BCUT2D eigenvalue weighted by atomic mass is 10.1. The van der Waals surface area contributed by atoms with Gasteiger partial charge in [0.25, 0.3) is 0 Å². The number of aromatic carboxylic acids is 1. The van der Waals surface area contributed by atoms with Gasteiger partial charge in [-0.1, -0.05) is 17.3 Å². The Morgan fingerprint density at radius 3 is 2.47 bits per heavy atom. The minimum absolute atomic E-state index is 0.0655. The largest absolute Gasteiger partial charge is 0.507 e. The fraction of sp³-hybridized carbons (Fsp3) is 0.100. The van der Waals surface area contributed by atoms with E-state index in [9.17, 15) is 15.0 Å². The first-order chi connectivity index (χ1) is 8.06. The van der Waals surface area contributed by atoms with Gasteiger partial charge in [-0.15, -0.1) is 0 Å². The summed E-state index contributed by atoms with van der Waals surface area (Å²) in [5.74, 6) is -1.97. The van der Waals surface area contributed by atoms with Gasteiger partial charge >= 0.3 is 5.97 Å². The Bertz CT molecular complexity index is 495. The number of aromatic hydroxyl groups is 2. The first kappa shape index (κ1) is 12.4. The molecule has 1 aromatic rings. The summed E-state index contributed by atoms with van der Waals surface area (Å²) >= 11 is 0. The van der Waals surface area contributed by atoms with Crippen molar-refractivity contribution in [2.75, 3.05) is 6.54 Å². The molecule has 7 heteroatoms. The van der Waals surface area contributed by atoms with E-state index in [2.05, 4.69) is 10.0 Å². The number of carbonyl (C=O) groups is 1. The van der Waals surface area contributed by atoms with Crippen molar-refractivity contribution in [2.45, 2.75) is 0 Å². The molecule has 0 saturated heterocycles. The zero-order valence-electron chi connectivity index (χ0n) is 8.61. The number of rotatable bonds is 4. The van der Waals surface area contributed by atoms with E-state index >= 15 is 0 Å². The Hall–Kier alpha value is -2.66. The smallest absolute Gasteiger partial charge is 0.335 e. The molecular formula is C10H9N3O4. The average molecular weight is 235 g/mol. The number of hydrogen-bond donors (Lipinski definition) is 3. The van der Waals surface area contributed by atoms with Crippen molar-refractivity contribution < 1.29 is 20.1 Å². The van der Waals surface area contributed by atoms with E-state index in [1.54, 1.807) is 0 Å². The lowest BCUT2D eigenvalue weighted by molar-refractivity contribution is 0.0696. The van der Waals surface area contributed by atoms with Crippen LogP contribution in [0.25, 0.3) is 16.5 Å². The third-order valence-corrected chi connectivity index (χ3v) is 1.92. The maximum Gasteiger partial charge on any atom is 0.335 e. The van der Waals surface area contributed by atoms with Gasteiger partial charge in [0, 0.05) is 11.5 Å². The van der Waals surface area contributed by atoms with Gasteiger partial charge in [0.2, 0.25) is 0 Å². The molecule has 7 nitrogen and oxygen atoms in total. The molecule has 0 aromatic heterocycles. The number of hydrogen-bond acceptors (Lipinski definition) is 4. The Morgan fingerprint density at radius 1 is 1.41 bits per heavy atom. The van der Waals surface area contributed by atoms with Crippen LogP contribution in [0.2, 0.25) is 0 Å². The molecule has 0 aliphatic heterocycles. The van der Waals surface area contributed by atoms with Crippen molar-refractivity contribution >= 4 is 12.0 Å². The molecule has 0 bridgehead atoms. The summed E-state index contributed by atoms with van der Waals surface area (Å²) in [6.07, 6.45) is 2.76. The Balaban J connectivity index is 3.05. The Labute approximate surface area is 95.9 Å². The van der Waals surface area contributed by atoms with Crippen molar-refractivity contribution in [3.8, 4) is 11.5 Å². The maximum atomic E-state index is 10.6. The third kappa shape index (κ3) is 3.15. The molecule has 0 radical (unpaired) electrons. The predicted octanol–water partition coefficient (Wildman–Crippen LogP) is 2.12. The van der Waals surface area contributed by atoms with Crippen LogP contribution in [0.1, 0.15) is 15.9 Å². The van der Waals surface area contributed by atoms with E-state index in [1.165, 1.54) is 12.2 Å². The first-order valence-corrected chi connectivity index (χ1v) is 4.53. The number of phenolic OH excluding ortho intramolecular Hbond substituents is 2. The second-order valence-corrected chi connectivity index (χ2v) is 3.05. The molecule has 0 aliphatic carbocycles. The molecule has 0 heterocycles. The van der Waals surface area contributed by atoms with Crippen LogP contribution in [0.15, 0.2) is 23.3 Å². The minimum Gasteiger partial charge on any atom is -0.507 e. The number of nitrogens with zero attached hydrogens (tertiary/aromatic N) is 3.